The van der Waals surface area contributed by atoms with Gasteiger partial charge in [-0.05, 0) is 12.8 Å². The normalized spacial score (nSPS) is 29.0. The smallest absolute Gasteiger partial charge is 0.272 e. The molecule has 0 spiro atoms. The van der Waals surface area contributed by atoms with Gasteiger partial charge in [-0.3, -0.25) is 9.89 Å². The summed E-state index contributed by atoms with van der Waals surface area (Å²) < 4.78 is 0. The highest BCUT2D eigenvalue weighted by molar-refractivity contribution is 5.94. The minimum absolute atomic E-state index is 0.143. The van der Waals surface area contributed by atoms with Crippen LogP contribution in [0.25, 0.3) is 0 Å². The van der Waals surface area contributed by atoms with E-state index in [9.17, 15) is 9.90 Å². The molecule has 2 heterocycles. The van der Waals surface area contributed by atoms with Crippen molar-refractivity contribution >= 4 is 5.91 Å². The molecule has 6 heteroatoms. The number of hydrogen-bond acceptors (Lipinski definition) is 4. The maximum Gasteiger partial charge on any atom is 0.272 e. The molecule has 1 aromatic heterocycles. The summed E-state index contributed by atoms with van der Waals surface area (Å²) >= 11 is 0. The predicted octanol–water partition coefficient (Wildman–Crippen LogP) is 0.726. The van der Waals surface area contributed by atoms with Crippen LogP contribution in [-0.2, 0) is 13.0 Å². The Labute approximate surface area is 124 Å². The fourth-order valence-electron chi connectivity index (χ4n) is 3.37. The van der Waals surface area contributed by atoms with Gasteiger partial charge in [0.15, 0.2) is 5.69 Å². The van der Waals surface area contributed by atoms with Crippen LogP contribution in [0.5, 0.6) is 0 Å². The first-order valence-electron chi connectivity index (χ1n) is 7.83. The molecular formula is C15H24N4O2. The molecule has 0 bridgehead atoms. The number of H-pyrrole nitrogens is 1. The summed E-state index contributed by atoms with van der Waals surface area (Å²) in [5, 5.41) is 23.5. The Bertz CT molecular complexity index is 528. The molecule has 1 aliphatic carbocycles. The van der Waals surface area contributed by atoms with Crippen molar-refractivity contribution in [3.63, 3.8) is 0 Å². The number of nitrogens with one attached hydrogen (secondary N) is 3. The van der Waals surface area contributed by atoms with E-state index in [2.05, 4.69) is 27.8 Å². The summed E-state index contributed by atoms with van der Waals surface area (Å²) in [5.41, 5.74) is 2.31. The molecule has 1 saturated carbocycles. The topological polar surface area (TPSA) is 90.0 Å². The average Bonchev–Trinajstić information content (AvgIpc) is 2.92. The molecule has 0 aromatic carbocycles. The third-order valence-electron chi connectivity index (χ3n) is 4.95. The summed E-state index contributed by atoms with van der Waals surface area (Å²) in [6.07, 6.45) is 4.52. The van der Waals surface area contributed by atoms with E-state index < -0.39 is 0 Å². The van der Waals surface area contributed by atoms with Gasteiger partial charge in [0.25, 0.3) is 5.91 Å². The van der Waals surface area contributed by atoms with E-state index in [0.717, 1.165) is 49.9 Å². The monoisotopic (exact) mass is 292 g/mol. The van der Waals surface area contributed by atoms with Crippen molar-refractivity contribution in [1.29, 1.82) is 0 Å². The lowest BCUT2D eigenvalue weighted by Gasteiger charge is -2.38. The second-order valence-electron chi connectivity index (χ2n) is 6.55. The van der Waals surface area contributed by atoms with Gasteiger partial charge in [-0.2, -0.15) is 5.10 Å². The van der Waals surface area contributed by atoms with E-state index in [0.29, 0.717) is 18.8 Å². The first kappa shape index (κ1) is 14.5. The van der Waals surface area contributed by atoms with Crippen LogP contribution < -0.4 is 10.6 Å². The molecule has 21 heavy (non-hydrogen) atoms. The number of nitrogens with zero attached hydrogens (tertiary/aromatic N) is 1. The molecule has 2 aliphatic rings. The van der Waals surface area contributed by atoms with Crippen molar-refractivity contribution in [2.75, 3.05) is 13.1 Å². The van der Waals surface area contributed by atoms with E-state index in [1.807, 2.05) is 0 Å². The number of aromatic nitrogens is 2. The lowest BCUT2D eigenvalue weighted by molar-refractivity contribution is 0.00186. The Morgan fingerprint density at radius 1 is 1.52 bits per heavy atom. The van der Waals surface area contributed by atoms with Crippen LogP contribution >= 0.6 is 0 Å². The number of aliphatic hydroxyl groups excluding tert-OH is 1. The Kier molecular flexibility index (Phi) is 3.99. The van der Waals surface area contributed by atoms with Crippen LogP contribution in [0, 0.1) is 5.41 Å². The SMILES string of the molecule is CC1(CNC(=O)c2n[nH]c3c2CNCC3)CCCCC1O. The Morgan fingerprint density at radius 3 is 3.19 bits per heavy atom. The number of carbonyl (C=O) groups excluding carboxylic acids is 1. The third-order valence-corrected chi connectivity index (χ3v) is 4.95. The lowest BCUT2D eigenvalue weighted by atomic mass is 9.73. The minimum Gasteiger partial charge on any atom is -0.392 e. The van der Waals surface area contributed by atoms with Crippen LogP contribution in [0.4, 0.5) is 0 Å². The van der Waals surface area contributed by atoms with Gasteiger partial charge < -0.3 is 15.7 Å². The standard InChI is InChI=1S/C15H24N4O2/c1-15(6-3-2-4-12(15)20)9-17-14(21)13-10-8-16-7-5-11(10)18-19-13/h12,16,20H,2-9H2,1H3,(H,17,21)(H,18,19). The first-order chi connectivity index (χ1) is 10.1. The van der Waals surface area contributed by atoms with Crippen molar-refractivity contribution in [3.8, 4) is 0 Å². The van der Waals surface area contributed by atoms with Gasteiger partial charge >= 0.3 is 0 Å². The molecule has 6 nitrogen and oxygen atoms in total. The van der Waals surface area contributed by atoms with Crippen LogP contribution in [-0.4, -0.2) is 40.4 Å². The largest absolute Gasteiger partial charge is 0.392 e. The summed E-state index contributed by atoms with van der Waals surface area (Å²) in [6.45, 7) is 4.16. The Morgan fingerprint density at radius 2 is 2.38 bits per heavy atom. The van der Waals surface area contributed by atoms with E-state index >= 15 is 0 Å². The zero-order chi connectivity index (χ0) is 14.9. The third kappa shape index (κ3) is 2.82. The highest BCUT2D eigenvalue weighted by Crippen LogP contribution is 2.35. The number of amides is 1. The maximum absolute atomic E-state index is 12.4. The van der Waals surface area contributed by atoms with Crippen LogP contribution in [0.15, 0.2) is 0 Å². The zero-order valence-electron chi connectivity index (χ0n) is 12.5. The van der Waals surface area contributed by atoms with Gasteiger partial charge in [0, 0.05) is 42.7 Å². The summed E-state index contributed by atoms with van der Waals surface area (Å²) in [4.78, 5) is 12.4. The summed E-state index contributed by atoms with van der Waals surface area (Å²) in [7, 11) is 0. The van der Waals surface area contributed by atoms with Crippen molar-refractivity contribution in [2.45, 2.75) is 51.7 Å². The molecule has 116 valence electrons. The molecule has 1 fully saturated rings. The predicted molar refractivity (Wildman–Crippen MR) is 78.9 cm³/mol. The van der Waals surface area contributed by atoms with Gasteiger partial charge in [-0.25, -0.2) is 0 Å². The van der Waals surface area contributed by atoms with Crippen molar-refractivity contribution in [2.24, 2.45) is 5.41 Å². The molecule has 1 aliphatic heterocycles. The van der Waals surface area contributed by atoms with Crippen LogP contribution in [0.3, 0.4) is 0 Å². The Balaban J connectivity index is 1.65. The average molecular weight is 292 g/mol. The maximum atomic E-state index is 12.4. The molecule has 2 unspecified atom stereocenters. The number of hydrogen-bond donors (Lipinski definition) is 4. The lowest BCUT2D eigenvalue weighted by Crippen LogP contribution is -2.45. The molecular weight excluding hydrogens is 268 g/mol. The number of fused-ring (bicyclic) bond motifs is 1. The van der Waals surface area contributed by atoms with Crippen molar-refractivity contribution in [1.82, 2.24) is 20.8 Å². The quantitative estimate of drug-likeness (QED) is 0.661. The van der Waals surface area contributed by atoms with E-state index in [1.165, 1.54) is 0 Å². The first-order valence-corrected chi connectivity index (χ1v) is 7.83. The van der Waals surface area contributed by atoms with E-state index in [1.54, 1.807) is 0 Å². The second kappa shape index (κ2) is 5.77. The zero-order valence-corrected chi connectivity index (χ0v) is 12.5. The molecule has 1 amide bonds. The number of rotatable bonds is 3. The van der Waals surface area contributed by atoms with Gasteiger partial charge in [-0.1, -0.05) is 19.8 Å². The highest BCUT2D eigenvalue weighted by Gasteiger charge is 2.36. The van der Waals surface area contributed by atoms with Gasteiger partial charge in [-0.15, -0.1) is 0 Å². The highest BCUT2D eigenvalue weighted by atomic mass is 16.3. The van der Waals surface area contributed by atoms with Crippen molar-refractivity contribution in [3.05, 3.63) is 17.0 Å². The fraction of sp³-hybridized carbons (Fsp3) is 0.733. The van der Waals surface area contributed by atoms with Crippen LogP contribution in [0.2, 0.25) is 0 Å². The number of aliphatic hydroxyl groups is 1. The molecule has 4 N–H and O–H groups in total. The Hall–Kier alpha value is -1.40. The second-order valence-corrected chi connectivity index (χ2v) is 6.55. The van der Waals surface area contributed by atoms with Gasteiger partial charge in [0.05, 0.1) is 6.10 Å². The summed E-state index contributed by atoms with van der Waals surface area (Å²) in [6, 6.07) is 0. The van der Waals surface area contributed by atoms with E-state index in [-0.39, 0.29) is 17.4 Å². The van der Waals surface area contributed by atoms with Gasteiger partial charge in [0.1, 0.15) is 0 Å². The molecule has 3 rings (SSSR count). The van der Waals surface area contributed by atoms with Crippen molar-refractivity contribution < 1.29 is 9.90 Å². The molecule has 0 radical (unpaired) electrons. The summed E-state index contributed by atoms with van der Waals surface area (Å²) in [5.74, 6) is -0.143. The number of carbonyl (C=O) groups is 1. The van der Waals surface area contributed by atoms with Gasteiger partial charge in [0.2, 0.25) is 0 Å². The fourth-order valence-corrected chi connectivity index (χ4v) is 3.37. The number of aromatic amines is 1. The molecule has 2 atom stereocenters. The molecule has 1 aromatic rings. The van der Waals surface area contributed by atoms with Crippen LogP contribution in [0.1, 0.15) is 54.4 Å². The minimum atomic E-state index is -0.332. The van der Waals surface area contributed by atoms with E-state index in [4.69, 9.17) is 0 Å². The molecule has 0 saturated heterocycles.